The molecule has 0 saturated carbocycles. The average molecular weight is 304 g/mol. The molecule has 2 fully saturated rings. The standard InChI is InChI=1S/C12H20N2O5S/c1-20(17,18)8-3-10(15)14-6-2-4-12(5-7-14)9-13-11(16)19-12/h2-9H2,1H3,(H,13,16). The molecule has 7 nitrogen and oxygen atoms in total. The van der Waals surface area contributed by atoms with Crippen LogP contribution in [0.1, 0.15) is 25.7 Å². The van der Waals surface area contributed by atoms with Crippen LogP contribution in [0.25, 0.3) is 0 Å². The zero-order valence-corrected chi connectivity index (χ0v) is 12.4. The second-order valence-corrected chi connectivity index (χ2v) is 7.80. The van der Waals surface area contributed by atoms with E-state index in [4.69, 9.17) is 4.74 Å². The normalized spacial score (nSPS) is 27.1. The molecule has 1 atom stereocenters. The minimum absolute atomic E-state index is 0.0177. The lowest BCUT2D eigenvalue weighted by Gasteiger charge is -2.25. The number of nitrogens with one attached hydrogen (secondary N) is 1. The molecule has 2 rings (SSSR count). The molecule has 8 heteroatoms. The Labute approximate surface area is 118 Å². The van der Waals surface area contributed by atoms with Crippen molar-refractivity contribution in [1.82, 2.24) is 10.2 Å². The van der Waals surface area contributed by atoms with Crippen molar-refractivity contribution in [3.05, 3.63) is 0 Å². The number of amides is 2. The first-order valence-corrected chi connectivity index (χ1v) is 8.78. The first kappa shape index (κ1) is 15.1. The smallest absolute Gasteiger partial charge is 0.407 e. The molecule has 20 heavy (non-hydrogen) atoms. The zero-order valence-electron chi connectivity index (χ0n) is 11.6. The van der Waals surface area contributed by atoms with Gasteiger partial charge in [-0.05, 0) is 12.8 Å². The molecule has 2 saturated heterocycles. The molecule has 1 spiro atoms. The van der Waals surface area contributed by atoms with E-state index >= 15 is 0 Å². The maximum atomic E-state index is 12.0. The number of alkyl carbamates (subject to hydrolysis) is 1. The fraction of sp³-hybridized carbons (Fsp3) is 0.833. The van der Waals surface area contributed by atoms with Gasteiger partial charge in [-0.1, -0.05) is 0 Å². The topological polar surface area (TPSA) is 92.8 Å². The average Bonchev–Trinajstić information content (AvgIpc) is 2.58. The third-order valence-electron chi connectivity index (χ3n) is 3.80. The summed E-state index contributed by atoms with van der Waals surface area (Å²) in [6.07, 6.45) is 2.81. The number of nitrogens with zero attached hydrogens (tertiary/aromatic N) is 1. The molecule has 2 heterocycles. The van der Waals surface area contributed by atoms with Gasteiger partial charge in [0.2, 0.25) is 5.91 Å². The molecule has 0 aliphatic carbocycles. The molecule has 1 N–H and O–H groups in total. The van der Waals surface area contributed by atoms with Crippen molar-refractivity contribution in [2.45, 2.75) is 31.3 Å². The first-order valence-electron chi connectivity index (χ1n) is 6.72. The van der Waals surface area contributed by atoms with Gasteiger partial charge >= 0.3 is 6.09 Å². The van der Waals surface area contributed by atoms with Crippen LogP contribution in [0.3, 0.4) is 0 Å². The van der Waals surface area contributed by atoms with E-state index in [1.165, 1.54) is 0 Å². The predicted octanol–water partition coefficient (Wildman–Crippen LogP) is -0.0878. The van der Waals surface area contributed by atoms with Crippen LogP contribution in [0.15, 0.2) is 0 Å². The van der Waals surface area contributed by atoms with Crippen molar-refractivity contribution in [1.29, 1.82) is 0 Å². The highest BCUT2D eigenvalue weighted by Crippen LogP contribution is 2.29. The van der Waals surface area contributed by atoms with Gasteiger partial charge in [0.1, 0.15) is 15.4 Å². The number of carbonyl (C=O) groups is 2. The summed E-state index contributed by atoms with van der Waals surface area (Å²) in [5.41, 5.74) is -0.497. The second-order valence-electron chi connectivity index (χ2n) is 5.54. The molecule has 0 aromatic rings. The molecular weight excluding hydrogens is 284 g/mol. The molecule has 1 unspecified atom stereocenters. The van der Waals surface area contributed by atoms with Gasteiger partial charge in [0, 0.05) is 32.2 Å². The third kappa shape index (κ3) is 3.84. The number of hydrogen-bond donors (Lipinski definition) is 1. The Morgan fingerprint density at radius 1 is 1.40 bits per heavy atom. The van der Waals surface area contributed by atoms with Crippen molar-refractivity contribution in [3.63, 3.8) is 0 Å². The van der Waals surface area contributed by atoms with Gasteiger partial charge in [-0.15, -0.1) is 0 Å². The van der Waals surface area contributed by atoms with Crippen molar-refractivity contribution in [2.75, 3.05) is 31.6 Å². The molecule has 2 aliphatic rings. The van der Waals surface area contributed by atoms with Crippen LogP contribution in [-0.4, -0.2) is 62.6 Å². The SMILES string of the molecule is CS(=O)(=O)CCC(=O)N1CCCC2(CC1)CNC(=O)O2. The Bertz CT molecular complexity index is 504. The van der Waals surface area contributed by atoms with Crippen LogP contribution in [0.2, 0.25) is 0 Å². The fourth-order valence-corrected chi connectivity index (χ4v) is 3.17. The number of carbonyl (C=O) groups excluding carboxylic acids is 2. The molecular formula is C12H20N2O5S. The van der Waals surface area contributed by atoms with Gasteiger partial charge < -0.3 is 15.0 Å². The molecule has 0 aromatic heterocycles. The Balaban J connectivity index is 1.89. The van der Waals surface area contributed by atoms with E-state index in [1.807, 2.05) is 0 Å². The number of rotatable bonds is 3. The van der Waals surface area contributed by atoms with E-state index in [0.717, 1.165) is 19.1 Å². The minimum atomic E-state index is -3.12. The van der Waals surface area contributed by atoms with E-state index in [0.29, 0.717) is 26.1 Å². The van der Waals surface area contributed by atoms with E-state index in [1.54, 1.807) is 4.90 Å². The summed E-state index contributed by atoms with van der Waals surface area (Å²) >= 11 is 0. The highest BCUT2D eigenvalue weighted by Gasteiger charge is 2.41. The molecule has 0 bridgehead atoms. The number of hydrogen-bond acceptors (Lipinski definition) is 5. The van der Waals surface area contributed by atoms with Gasteiger partial charge in [-0.2, -0.15) is 0 Å². The van der Waals surface area contributed by atoms with Crippen molar-refractivity contribution in [3.8, 4) is 0 Å². The summed E-state index contributed by atoms with van der Waals surface area (Å²) in [4.78, 5) is 24.9. The van der Waals surface area contributed by atoms with Gasteiger partial charge in [0.15, 0.2) is 0 Å². The zero-order chi connectivity index (χ0) is 14.8. The highest BCUT2D eigenvalue weighted by molar-refractivity contribution is 7.90. The van der Waals surface area contributed by atoms with Crippen LogP contribution in [0.4, 0.5) is 4.79 Å². The Kier molecular flexibility index (Phi) is 4.22. The maximum Gasteiger partial charge on any atom is 0.407 e. The van der Waals surface area contributed by atoms with Crippen LogP contribution in [0, 0.1) is 0 Å². The van der Waals surface area contributed by atoms with E-state index < -0.39 is 21.5 Å². The monoisotopic (exact) mass is 304 g/mol. The number of ether oxygens (including phenoxy) is 1. The van der Waals surface area contributed by atoms with Crippen LogP contribution in [0.5, 0.6) is 0 Å². The largest absolute Gasteiger partial charge is 0.441 e. The second kappa shape index (κ2) is 5.59. The number of sulfone groups is 1. The Morgan fingerprint density at radius 3 is 2.75 bits per heavy atom. The Morgan fingerprint density at radius 2 is 2.15 bits per heavy atom. The van der Waals surface area contributed by atoms with Gasteiger partial charge in [0.25, 0.3) is 0 Å². The predicted molar refractivity (Wildman–Crippen MR) is 72.0 cm³/mol. The molecule has 2 amide bonds. The Hall–Kier alpha value is -1.31. The summed E-state index contributed by atoms with van der Waals surface area (Å²) in [7, 11) is -3.12. The quantitative estimate of drug-likeness (QED) is 0.787. The summed E-state index contributed by atoms with van der Waals surface area (Å²) in [6, 6.07) is 0. The van der Waals surface area contributed by atoms with Gasteiger partial charge in [-0.3, -0.25) is 4.79 Å². The lowest BCUT2D eigenvalue weighted by atomic mass is 9.95. The van der Waals surface area contributed by atoms with E-state index in [9.17, 15) is 18.0 Å². The third-order valence-corrected chi connectivity index (χ3v) is 4.75. The summed E-state index contributed by atoms with van der Waals surface area (Å²) < 4.78 is 27.5. The fourth-order valence-electron chi connectivity index (χ4n) is 2.63. The van der Waals surface area contributed by atoms with E-state index in [2.05, 4.69) is 5.32 Å². The summed E-state index contributed by atoms with van der Waals surface area (Å²) in [5, 5.41) is 2.65. The van der Waals surface area contributed by atoms with Crippen molar-refractivity contribution >= 4 is 21.8 Å². The van der Waals surface area contributed by atoms with Crippen LogP contribution in [-0.2, 0) is 19.4 Å². The number of likely N-dealkylation sites (tertiary alicyclic amines) is 1. The maximum absolute atomic E-state index is 12.0. The lowest BCUT2D eigenvalue weighted by molar-refractivity contribution is -0.130. The molecule has 114 valence electrons. The molecule has 0 radical (unpaired) electrons. The molecule has 2 aliphatic heterocycles. The lowest BCUT2D eigenvalue weighted by Crippen LogP contribution is -2.37. The molecule has 0 aromatic carbocycles. The van der Waals surface area contributed by atoms with Crippen LogP contribution < -0.4 is 5.32 Å². The van der Waals surface area contributed by atoms with Gasteiger partial charge in [-0.25, -0.2) is 13.2 Å². The summed E-state index contributed by atoms with van der Waals surface area (Å²) in [6.45, 7) is 1.57. The highest BCUT2D eigenvalue weighted by atomic mass is 32.2. The van der Waals surface area contributed by atoms with E-state index in [-0.39, 0.29) is 18.1 Å². The summed E-state index contributed by atoms with van der Waals surface area (Å²) in [5.74, 6) is -0.269. The van der Waals surface area contributed by atoms with Crippen LogP contribution >= 0.6 is 0 Å². The minimum Gasteiger partial charge on any atom is -0.441 e. The van der Waals surface area contributed by atoms with Gasteiger partial charge in [0.05, 0.1) is 12.3 Å². The first-order chi connectivity index (χ1) is 9.30. The van der Waals surface area contributed by atoms with Crippen molar-refractivity contribution < 1.29 is 22.7 Å². The van der Waals surface area contributed by atoms with Crippen molar-refractivity contribution in [2.24, 2.45) is 0 Å².